The van der Waals surface area contributed by atoms with E-state index in [0.29, 0.717) is 30.7 Å². The van der Waals surface area contributed by atoms with Crippen molar-refractivity contribution in [3.05, 3.63) is 39.4 Å². The maximum absolute atomic E-state index is 11.1. The summed E-state index contributed by atoms with van der Waals surface area (Å²) in [5.74, 6) is -1.11. The summed E-state index contributed by atoms with van der Waals surface area (Å²) in [5.41, 5.74) is 1.24. The van der Waals surface area contributed by atoms with E-state index in [1.54, 1.807) is 6.20 Å². The summed E-state index contributed by atoms with van der Waals surface area (Å²) in [6.07, 6.45) is 3.69. The molecule has 0 amide bonds. The third kappa shape index (κ3) is 3.49. The number of rotatable bonds is 3. The molecule has 2 N–H and O–H groups in total. The van der Waals surface area contributed by atoms with Crippen LogP contribution in [0.25, 0.3) is 10.4 Å². The van der Waals surface area contributed by atoms with Crippen LogP contribution < -0.4 is 0 Å². The third-order valence-corrected chi connectivity index (χ3v) is 6.09. The van der Waals surface area contributed by atoms with Crippen molar-refractivity contribution in [1.29, 1.82) is 0 Å². The number of hydrogen-bond acceptors (Lipinski definition) is 4. The molecule has 0 atom stereocenters. The lowest BCUT2D eigenvalue weighted by atomic mass is 9.79. The van der Waals surface area contributed by atoms with Crippen LogP contribution in [0.4, 0.5) is 0 Å². The molecule has 0 radical (unpaired) electrons. The summed E-state index contributed by atoms with van der Waals surface area (Å²) in [6.45, 7) is 2.04. The third-order valence-electron chi connectivity index (χ3n) is 4.39. The number of nitrogens with zero attached hydrogens (tertiary/aromatic N) is 1. The van der Waals surface area contributed by atoms with E-state index in [-0.39, 0.29) is 5.92 Å². The van der Waals surface area contributed by atoms with Gasteiger partial charge in [-0.3, -0.25) is 4.79 Å². The minimum atomic E-state index is -0.990. The molecule has 0 bridgehead atoms. The number of aliphatic carboxylic acids is 1. The normalized spacial score (nSPS) is 24.6. The molecule has 1 aliphatic carbocycles. The van der Waals surface area contributed by atoms with Crippen molar-refractivity contribution in [2.75, 3.05) is 0 Å². The SMILES string of the molecule is Cc1cc(Br)cc(-c2cnc([C@]3(O)CC[C@@H](C(=O)O)CC3)s2)c1. The maximum Gasteiger partial charge on any atom is 0.306 e. The molecule has 1 saturated carbocycles. The van der Waals surface area contributed by atoms with Gasteiger partial charge in [-0.2, -0.15) is 0 Å². The highest BCUT2D eigenvalue weighted by Crippen LogP contribution is 2.42. The summed E-state index contributed by atoms with van der Waals surface area (Å²) >= 11 is 4.99. The minimum absolute atomic E-state index is 0.345. The molecule has 23 heavy (non-hydrogen) atoms. The fourth-order valence-electron chi connectivity index (χ4n) is 3.06. The molecule has 1 aromatic carbocycles. The van der Waals surface area contributed by atoms with Crippen molar-refractivity contribution in [1.82, 2.24) is 4.98 Å². The monoisotopic (exact) mass is 395 g/mol. The lowest BCUT2D eigenvalue weighted by Gasteiger charge is -2.32. The molecule has 0 saturated heterocycles. The molecular weight excluding hydrogens is 378 g/mol. The van der Waals surface area contributed by atoms with Gasteiger partial charge in [-0.15, -0.1) is 11.3 Å². The number of carboxylic acids is 1. The second kappa shape index (κ2) is 6.34. The van der Waals surface area contributed by atoms with Crippen LogP contribution in [0.1, 0.15) is 36.3 Å². The molecule has 4 nitrogen and oxygen atoms in total. The standard InChI is InChI=1S/C17H18BrNO3S/c1-10-6-12(8-13(18)7-10)14-9-19-16(23-14)17(22)4-2-11(3-5-17)15(20)21/h6-9,11,22H,2-5H2,1H3,(H,20,21)/t11-,17+. The number of aryl methyl sites for hydroxylation is 1. The first-order valence-corrected chi connectivity index (χ1v) is 9.17. The summed E-state index contributed by atoms with van der Waals surface area (Å²) in [5, 5.41) is 20.6. The zero-order valence-electron chi connectivity index (χ0n) is 12.8. The lowest BCUT2D eigenvalue weighted by Crippen LogP contribution is -2.33. The van der Waals surface area contributed by atoms with E-state index >= 15 is 0 Å². The van der Waals surface area contributed by atoms with Gasteiger partial charge in [0.15, 0.2) is 0 Å². The van der Waals surface area contributed by atoms with Crippen molar-refractivity contribution in [3.63, 3.8) is 0 Å². The highest BCUT2D eigenvalue weighted by Gasteiger charge is 2.39. The number of carbonyl (C=O) groups is 1. The number of aromatic nitrogens is 1. The van der Waals surface area contributed by atoms with E-state index < -0.39 is 11.6 Å². The molecular formula is C17H18BrNO3S. The van der Waals surface area contributed by atoms with Gasteiger partial charge in [0.25, 0.3) is 0 Å². The first kappa shape index (κ1) is 16.6. The zero-order chi connectivity index (χ0) is 16.6. The number of carboxylic acid groups (broad SMARTS) is 1. The number of hydrogen-bond donors (Lipinski definition) is 2. The van der Waals surface area contributed by atoms with Gasteiger partial charge in [-0.05, 0) is 55.9 Å². The van der Waals surface area contributed by atoms with Crippen LogP contribution in [0.2, 0.25) is 0 Å². The lowest BCUT2D eigenvalue weighted by molar-refractivity contribution is -0.145. The van der Waals surface area contributed by atoms with Gasteiger partial charge in [0, 0.05) is 10.7 Å². The topological polar surface area (TPSA) is 70.4 Å². The molecule has 1 aromatic heterocycles. The van der Waals surface area contributed by atoms with E-state index in [2.05, 4.69) is 27.0 Å². The van der Waals surface area contributed by atoms with E-state index in [1.807, 2.05) is 19.1 Å². The number of halogens is 1. The van der Waals surface area contributed by atoms with Crippen molar-refractivity contribution >= 4 is 33.2 Å². The molecule has 6 heteroatoms. The molecule has 0 spiro atoms. The number of thiazole rings is 1. The predicted molar refractivity (Wildman–Crippen MR) is 93.5 cm³/mol. The molecule has 1 aliphatic rings. The molecule has 1 heterocycles. The smallest absolute Gasteiger partial charge is 0.306 e. The molecule has 0 unspecified atom stereocenters. The maximum atomic E-state index is 11.1. The van der Waals surface area contributed by atoms with Crippen LogP contribution in [0.5, 0.6) is 0 Å². The first-order valence-electron chi connectivity index (χ1n) is 7.56. The van der Waals surface area contributed by atoms with E-state index in [1.165, 1.54) is 11.3 Å². The molecule has 3 rings (SSSR count). The van der Waals surface area contributed by atoms with Gasteiger partial charge < -0.3 is 10.2 Å². The van der Waals surface area contributed by atoms with Crippen LogP contribution in [-0.2, 0) is 10.4 Å². The Hall–Kier alpha value is -1.24. The van der Waals surface area contributed by atoms with Crippen LogP contribution in [0, 0.1) is 12.8 Å². The highest BCUT2D eigenvalue weighted by molar-refractivity contribution is 9.10. The summed E-state index contributed by atoms with van der Waals surface area (Å²) < 4.78 is 1.02. The van der Waals surface area contributed by atoms with Crippen molar-refractivity contribution in [2.45, 2.75) is 38.2 Å². The van der Waals surface area contributed by atoms with Gasteiger partial charge in [0.05, 0.1) is 10.8 Å². The summed E-state index contributed by atoms with van der Waals surface area (Å²) in [4.78, 5) is 16.5. The Kier molecular flexibility index (Phi) is 4.58. The molecule has 1 fully saturated rings. The van der Waals surface area contributed by atoms with Crippen molar-refractivity contribution < 1.29 is 15.0 Å². The predicted octanol–water partition coefficient (Wildman–Crippen LogP) is 4.34. The van der Waals surface area contributed by atoms with Crippen LogP contribution in [-0.4, -0.2) is 21.2 Å². The first-order chi connectivity index (χ1) is 10.9. The van der Waals surface area contributed by atoms with Gasteiger partial charge in [-0.25, -0.2) is 4.98 Å². The largest absolute Gasteiger partial charge is 0.481 e. The average Bonchev–Trinajstić information content (AvgIpc) is 2.97. The van der Waals surface area contributed by atoms with Crippen LogP contribution in [0.3, 0.4) is 0 Å². The number of aliphatic hydroxyl groups is 1. The van der Waals surface area contributed by atoms with Gasteiger partial charge in [0.1, 0.15) is 10.6 Å². The summed E-state index contributed by atoms with van der Waals surface area (Å²) in [7, 11) is 0. The Morgan fingerprint density at radius 2 is 2.04 bits per heavy atom. The van der Waals surface area contributed by atoms with Crippen LogP contribution >= 0.6 is 27.3 Å². The fourth-order valence-corrected chi connectivity index (χ4v) is 4.71. The quantitative estimate of drug-likeness (QED) is 0.810. The Morgan fingerprint density at radius 1 is 1.35 bits per heavy atom. The average molecular weight is 396 g/mol. The van der Waals surface area contributed by atoms with Gasteiger partial charge in [0.2, 0.25) is 0 Å². The Bertz CT molecular complexity index is 715. The molecule has 122 valence electrons. The van der Waals surface area contributed by atoms with Crippen molar-refractivity contribution in [3.8, 4) is 10.4 Å². The summed E-state index contributed by atoms with van der Waals surface area (Å²) in [6, 6.07) is 6.18. The van der Waals surface area contributed by atoms with E-state index in [4.69, 9.17) is 5.11 Å². The Balaban J connectivity index is 1.83. The second-order valence-corrected chi connectivity index (χ2v) is 8.14. The Labute approximate surface area is 147 Å². The van der Waals surface area contributed by atoms with E-state index in [0.717, 1.165) is 20.5 Å². The van der Waals surface area contributed by atoms with Crippen LogP contribution in [0.15, 0.2) is 28.9 Å². The zero-order valence-corrected chi connectivity index (χ0v) is 15.2. The second-order valence-electron chi connectivity index (χ2n) is 6.19. The highest BCUT2D eigenvalue weighted by atomic mass is 79.9. The van der Waals surface area contributed by atoms with E-state index in [9.17, 15) is 9.90 Å². The minimum Gasteiger partial charge on any atom is -0.481 e. The van der Waals surface area contributed by atoms with Gasteiger partial charge in [-0.1, -0.05) is 22.0 Å². The van der Waals surface area contributed by atoms with Gasteiger partial charge >= 0.3 is 5.97 Å². The molecule has 2 aromatic rings. The fraction of sp³-hybridized carbons (Fsp3) is 0.412. The van der Waals surface area contributed by atoms with Crippen molar-refractivity contribution in [2.24, 2.45) is 5.92 Å². The molecule has 0 aliphatic heterocycles. The number of benzene rings is 1. The Morgan fingerprint density at radius 3 is 2.65 bits per heavy atom.